The summed E-state index contributed by atoms with van der Waals surface area (Å²) < 4.78 is 43.8. The molecule has 0 fully saturated rings. The second-order valence-corrected chi connectivity index (χ2v) is 8.50. The van der Waals surface area contributed by atoms with Crippen LogP contribution in [0.5, 0.6) is 17.2 Å². The molecule has 0 radical (unpaired) electrons. The molecule has 0 atom stereocenters. The zero-order valence-corrected chi connectivity index (χ0v) is 18.8. The predicted molar refractivity (Wildman–Crippen MR) is 122 cm³/mol. The number of carbonyl (C=O) groups excluding carboxylic acids is 1. The fraction of sp³-hybridized carbons (Fsp3) is 0.174. The standard InChI is InChI=1S/C23H24N2O6S/c1-29-18-11-9-17(10-12-18)24-23(26)16-25(32(27,28)20-7-5-4-6-8-20)21-15-19(30-2)13-14-22(21)31-3/h4-15H,16H2,1-3H3,(H,24,26). The first-order chi connectivity index (χ1) is 15.4. The van der Waals surface area contributed by atoms with Gasteiger partial charge in [-0.1, -0.05) is 18.2 Å². The van der Waals surface area contributed by atoms with Crippen molar-refractivity contribution in [2.24, 2.45) is 0 Å². The number of nitrogens with zero attached hydrogens (tertiary/aromatic N) is 1. The Morgan fingerprint density at radius 3 is 2.06 bits per heavy atom. The summed E-state index contributed by atoms with van der Waals surface area (Å²) in [6.45, 7) is -0.479. The van der Waals surface area contributed by atoms with E-state index in [1.165, 1.54) is 32.4 Å². The summed E-state index contributed by atoms with van der Waals surface area (Å²) in [5, 5.41) is 2.71. The Hall–Kier alpha value is -3.72. The van der Waals surface area contributed by atoms with Crippen molar-refractivity contribution >= 4 is 27.3 Å². The Bertz CT molecular complexity index is 1160. The van der Waals surface area contributed by atoms with Gasteiger partial charge in [0.05, 0.1) is 31.9 Å². The third-order valence-corrected chi connectivity index (χ3v) is 6.42. The first-order valence-corrected chi connectivity index (χ1v) is 11.1. The predicted octanol–water partition coefficient (Wildman–Crippen LogP) is 3.55. The van der Waals surface area contributed by atoms with Crippen LogP contribution in [-0.4, -0.2) is 42.2 Å². The number of carbonyl (C=O) groups is 1. The minimum atomic E-state index is -4.09. The van der Waals surface area contributed by atoms with Crippen LogP contribution < -0.4 is 23.8 Å². The smallest absolute Gasteiger partial charge is 0.264 e. The van der Waals surface area contributed by atoms with E-state index in [-0.39, 0.29) is 16.3 Å². The number of nitrogens with one attached hydrogen (secondary N) is 1. The number of anilines is 2. The van der Waals surface area contributed by atoms with Crippen LogP contribution in [0, 0.1) is 0 Å². The quantitative estimate of drug-likeness (QED) is 0.529. The van der Waals surface area contributed by atoms with Crippen molar-refractivity contribution in [3.05, 3.63) is 72.8 Å². The van der Waals surface area contributed by atoms with E-state index in [0.717, 1.165) is 4.31 Å². The van der Waals surface area contributed by atoms with Gasteiger partial charge in [-0.05, 0) is 48.5 Å². The highest BCUT2D eigenvalue weighted by molar-refractivity contribution is 7.92. The molecule has 32 heavy (non-hydrogen) atoms. The van der Waals surface area contributed by atoms with Crippen LogP contribution in [0.25, 0.3) is 0 Å². The third kappa shape index (κ3) is 5.12. The average molecular weight is 457 g/mol. The second-order valence-electron chi connectivity index (χ2n) is 6.64. The van der Waals surface area contributed by atoms with Gasteiger partial charge in [0.15, 0.2) is 0 Å². The van der Waals surface area contributed by atoms with Crippen molar-refractivity contribution in [2.45, 2.75) is 4.90 Å². The lowest BCUT2D eigenvalue weighted by molar-refractivity contribution is -0.114. The highest BCUT2D eigenvalue weighted by Crippen LogP contribution is 2.35. The Labute approximate surface area is 187 Å². The summed E-state index contributed by atoms with van der Waals surface area (Å²) in [4.78, 5) is 12.9. The van der Waals surface area contributed by atoms with Crippen LogP contribution in [0.3, 0.4) is 0 Å². The molecule has 0 aliphatic carbocycles. The number of sulfonamides is 1. The highest BCUT2D eigenvalue weighted by Gasteiger charge is 2.30. The van der Waals surface area contributed by atoms with Crippen LogP contribution in [0.2, 0.25) is 0 Å². The molecule has 0 unspecified atom stereocenters. The van der Waals surface area contributed by atoms with E-state index in [1.807, 2.05) is 0 Å². The number of methoxy groups -OCH3 is 3. The maximum atomic E-state index is 13.5. The van der Waals surface area contributed by atoms with Crippen molar-refractivity contribution in [3.63, 3.8) is 0 Å². The lowest BCUT2D eigenvalue weighted by atomic mass is 10.2. The zero-order valence-electron chi connectivity index (χ0n) is 17.9. The second kappa shape index (κ2) is 10.1. The topological polar surface area (TPSA) is 94.2 Å². The molecule has 0 aromatic heterocycles. The summed E-state index contributed by atoms with van der Waals surface area (Å²) in [7, 11) is 0.347. The molecule has 0 aliphatic rings. The van der Waals surface area contributed by atoms with Crippen LogP contribution >= 0.6 is 0 Å². The Morgan fingerprint density at radius 1 is 0.844 bits per heavy atom. The summed E-state index contributed by atoms with van der Waals surface area (Å²) in [6, 6.07) is 19.3. The molecule has 8 nitrogen and oxygen atoms in total. The van der Waals surface area contributed by atoms with Crippen molar-refractivity contribution in [1.82, 2.24) is 0 Å². The zero-order chi connectivity index (χ0) is 23.1. The van der Waals surface area contributed by atoms with Crippen LogP contribution in [-0.2, 0) is 14.8 Å². The van der Waals surface area contributed by atoms with E-state index in [9.17, 15) is 13.2 Å². The summed E-state index contributed by atoms with van der Waals surface area (Å²) >= 11 is 0. The number of ether oxygens (including phenoxy) is 3. The van der Waals surface area contributed by atoms with E-state index in [1.54, 1.807) is 61.7 Å². The lowest BCUT2D eigenvalue weighted by Gasteiger charge is -2.26. The molecule has 0 spiro atoms. The normalized spacial score (nSPS) is 10.8. The van der Waals surface area contributed by atoms with E-state index >= 15 is 0 Å². The average Bonchev–Trinajstić information content (AvgIpc) is 2.83. The van der Waals surface area contributed by atoms with Crippen molar-refractivity contribution < 1.29 is 27.4 Å². The van der Waals surface area contributed by atoms with Gasteiger partial charge in [-0.2, -0.15) is 0 Å². The van der Waals surface area contributed by atoms with Crippen LogP contribution in [0.1, 0.15) is 0 Å². The molecule has 3 aromatic carbocycles. The molecule has 0 heterocycles. The van der Waals surface area contributed by atoms with Gasteiger partial charge in [-0.3, -0.25) is 9.10 Å². The number of amides is 1. The molecule has 3 rings (SSSR count). The molecule has 1 N–H and O–H groups in total. The van der Waals surface area contributed by atoms with Gasteiger partial charge in [-0.15, -0.1) is 0 Å². The molecular weight excluding hydrogens is 432 g/mol. The maximum Gasteiger partial charge on any atom is 0.264 e. The molecule has 0 saturated heterocycles. The van der Waals surface area contributed by atoms with Gasteiger partial charge < -0.3 is 19.5 Å². The van der Waals surface area contributed by atoms with Gasteiger partial charge in [0.25, 0.3) is 10.0 Å². The number of hydrogen-bond donors (Lipinski definition) is 1. The maximum absolute atomic E-state index is 13.5. The fourth-order valence-electron chi connectivity index (χ4n) is 3.02. The van der Waals surface area contributed by atoms with E-state index in [4.69, 9.17) is 14.2 Å². The van der Waals surface area contributed by atoms with Crippen LogP contribution in [0.15, 0.2) is 77.7 Å². The van der Waals surface area contributed by atoms with Gasteiger partial charge in [-0.25, -0.2) is 8.42 Å². The molecule has 0 aliphatic heterocycles. The summed E-state index contributed by atoms with van der Waals surface area (Å²) in [6.07, 6.45) is 0. The van der Waals surface area contributed by atoms with Crippen LogP contribution in [0.4, 0.5) is 11.4 Å². The molecular formula is C23H24N2O6S. The van der Waals surface area contributed by atoms with E-state index in [0.29, 0.717) is 17.2 Å². The van der Waals surface area contributed by atoms with Gasteiger partial charge in [0, 0.05) is 11.8 Å². The molecule has 3 aromatic rings. The fourth-order valence-corrected chi connectivity index (χ4v) is 4.46. The van der Waals surface area contributed by atoms with Gasteiger partial charge in [0.1, 0.15) is 23.8 Å². The largest absolute Gasteiger partial charge is 0.497 e. The van der Waals surface area contributed by atoms with Gasteiger partial charge in [0.2, 0.25) is 5.91 Å². The number of rotatable bonds is 9. The Balaban J connectivity index is 2.00. The Kier molecular flexibility index (Phi) is 7.21. The minimum absolute atomic E-state index is 0.0436. The SMILES string of the molecule is COc1ccc(NC(=O)CN(c2cc(OC)ccc2OC)S(=O)(=O)c2ccccc2)cc1. The highest BCUT2D eigenvalue weighted by atomic mass is 32.2. The third-order valence-electron chi connectivity index (χ3n) is 4.65. The van der Waals surface area contributed by atoms with E-state index in [2.05, 4.69) is 5.32 Å². The first-order valence-electron chi connectivity index (χ1n) is 9.62. The minimum Gasteiger partial charge on any atom is -0.497 e. The lowest BCUT2D eigenvalue weighted by Crippen LogP contribution is -2.38. The summed E-state index contributed by atoms with van der Waals surface area (Å²) in [5.74, 6) is 0.809. The molecule has 1 amide bonds. The monoisotopic (exact) mass is 456 g/mol. The Morgan fingerprint density at radius 2 is 1.47 bits per heavy atom. The van der Waals surface area contributed by atoms with Crippen molar-refractivity contribution in [3.8, 4) is 17.2 Å². The van der Waals surface area contributed by atoms with Crippen molar-refractivity contribution in [1.29, 1.82) is 0 Å². The van der Waals surface area contributed by atoms with E-state index < -0.39 is 22.5 Å². The van der Waals surface area contributed by atoms with Gasteiger partial charge >= 0.3 is 0 Å². The van der Waals surface area contributed by atoms with Crippen molar-refractivity contribution in [2.75, 3.05) is 37.5 Å². The molecule has 9 heteroatoms. The number of benzene rings is 3. The molecule has 0 bridgehead atoms. The molecule has 168 valence electrons. The molecule has 0 saturated carbocycles. The summed E-state index contributed by atoms with van der Waals surface area (Å²) in [5.41, 5.74) is 0.686. The number of hydrogen-bond acceptors (Lipinski definition) is 6. The first kappa shape index (κ1) is 23.0.